The third-order valence-corrected chi connectivity index (χ3v) is 4.51. The van der Waals surface area contributed by atoms with Crippen molar-refractivity contribution in [2.45, 2.75) is 38.7 Å². The minimum Gasteiger partial charge on any atom is -0.393 e. The summed E-state index contributed by atoms with van der Waals surface area (Å²) in [6.07, 6.45) is 11.2. The van der Waals surface area contributed by atoms with E-state index >= 15 is 0 Å². The highest BCUT2D eigenvalue weighted by Gasteiger charge is 2.03. The molecule has 0 spiro atoms. The number of rotatable bonds is 8. The van der Waals surface area contributed by atoms with Crippen LogP contribution in [0.4, 0.5) is 0 Å². The highest BCUT2D eigenvalue weighted by atomic mass is 16.3. The van der Waals surface area contributed by atoms with Gasteiger partial charge >= 0.3 is 0 Å². The molecule has 0 bridgehead atoms. The number of aromatic nitrogens is 2. The van der Waals surface area contributed by atoms with Gasteiger partial charge in [0, 0.05) is 0 Å². The lowest BCUT2D eigenvalue weighted by Gasteiger charge is -2.05. The number of allylic oxidation sites excluding steroid dienone is 2. The second kappa shape index (κ2) is 9.24. The lowest BCUT2D eigenvalue weighted by Crippen LogP contribution is -1.97. The van der Waals surface area contributed by atoms with Crippen molar-refractivity contribution in [1.29, 1.82) is 0 Å². The Hall–Kier alpha value is -2.78. The predicted molar refractivity (Wildman–Crippen MR) is 113 cm³/mol. The minimum absolute atomic E-state index is 0.230. The first-order valence-corrected chi connectivity index (χ1v) is 9.47. The molecule has 1 aromatic heterocycles. The molecular formula is C24H26N2O. The molecule has 1 unspecified atom stereocenters. The number of hydrogen-bond acceptors (Lipinski definition) is 3. The van der Waals surface area contributed by atoms with E-state index in [-0.39, 0.29) is 6.10 Å². The zero-order valence-electron chi connectivity index (χ0n) is 15.8. The van der Waals surface area contributed by atoms with Crippen molar-refractivity contribution in [2.24, 2.45) is 0 Å². The Morgan fingerprint density at radius 2 is 1.85 bits per heavy atom. The molecule has 0 fully saturated rings. The maximum atomic E-state index is 9.28. The maximum absolute atomic E-state index is 9.28. The van der Waals surface area contributed by atoms with Gasteiger partial charge in [-0.25, -0.2) is 4.98 Å². The Bertz CT molecular complexity index is 927. The summed E-state index contributed by atoms with van der Waals surface area (Å²) >= 11 is 0. The number of benzene rings is 2. The standard InChI is InChI=1S/C24H26N2O/c1-3-7-19-10-12-20(13-11-19)21-14-15-23-24(16-21)25-17-22(26-23)9-6-4-5-8-18(2)27/h3,6,9-18,27H,1,4-5,7-8H2,2H3/b9-6+. The van der Waals surface area contributed by atoms with Crippen LogP contribution in [0.3, 0.4) is 0 Å². The third kappa shape index (κ3) is 5.35. The van der Waals surface area contributed by atoms with Crippen molar-refractivity contribution in [3.8, 4) is 11.1 Å². The fraction of sp³-hybridized carbons (Fsp3) is 0.250. The van der Waals surface area contributed by atoms with Crippen LogP contribution in [0.15, 0.2) is 67.4 Å². The van der Waals surface area contributed by atoms with Crippen LogP contribution in [0, 0.1) is 0 Å². The van der Waals surface area contributed by atoms with E-state index in [1.165, 1.54) is 11.1 Å². The van der Waals surface area contributed by atoms with E-state index in [9.17, 15) is 5.11 Å². The second-order valence-electron chi connectivity index (χ2n) is 6.87. The molecule has 0 radical (unpaired) electrons. The summed E-state index contributed by atoms with van der Waals surface area (Å²) in [5, 5.41) is 9.28. The molecule has 3 nitrogen and oxygen atoms in total. The summed E-state index contributed by atoms with van der Waals surface area (Å²) in [5.74, 6) is 0. The zero-order valence-corrected chi connectivity index (χ0v) is 15.8. The Labute approximate surface area is 161 Å². The largest absolute Gasteiger partial charge is 0.393 e. The van der Waals surface area contributed by atoms with E-state index in [0.29, 0.717) is 0 Å². The van der Waals surface area contributed by atoms with E-state index in [1.807, 2.05) is 31.3 Å². The third-order valence-electron chi connectivity index (χ3n) is 4.51. The molecule has 3 aromatic rings. The van der Waals surface area contributed by atoms with Gasteiger partial charge < -0.3 is 5.11 Å². The molecule has 0 aliphatic rings. The van der Waals surface area contributed by atoms with E-state index in [0.717, 1.165) is 48.0 Å². The lowest BCUT2D eigenvalue weighted by molar-refractivity contribution is 0.182. The first kappa shape index (κ1) is 19.0. The van der Waals surface area contributed by atoms with Crippen LogP contribution in [-0.4, -0.2) is 21.2 Å². The van der Waals surface area contributed by atoms with E-state index in [4.69, 9.17) is 0 Å². The van der Waals surface area contributed by atoms with Gasteiger partial charge in [-0.05, 0) is 67.5 Å². The van der Waals surface area contributed by atoms with Crippen LogP contribution in [0.1, 0.15) is 37.4 Å². The average Bonchev–Trinajstić information content (AvgIpc) is 2.68. The summed E-state index contributed by atoms with van der Waals surface area (Å²) in [6.45, 7) is 5.60. The fourth-order valence-electron chi connectivity index (χ4n) is 3.02. The zero-order chi connectivity index (χ0) is 19.1. The van der Waals surface area contributed by atoms with E-state index < -0.39 is 0 Å². The van der Waals surface area contributed by atoms with Crippen LogP contribution >= 0.6 is 0 Å². The quantitative estimate of drug-likeness (QED) is 0.422. The monoisotopic (exact) mass is 358 g/mol. The van der Waals surface area contributed by atoms with Gasteiger partial charge in [0.2, 0.25) is 0 Å². The lowest BCUT2D eigenvalue weighted by atomic mass is 10.0. The molecule has 1 atom stereocenters. The van der Waals surface area contributed by atoms with Gasteiger partial charge in [-0.3, -0.25) is 4.98 Å². The molecule has 138 valence electrons. The minimum atomic E-state index is -0.230. The van der Waals surface area contributed by atoms with Crippen LogP contribution in [0.5, 0.6) is 0 Å². The summed E-state index contributed by atoms with van der Waals surface area (Å²) < 4.78 is 0. The highest BCUT2D eigenvalue weighted by Crippen LogP contribution is 2.23. The first-order valence-electron chi connectivity index (χ1n) is 9.47. The van der Waals surface area contributed by atoms with E-state index in [1.54, 1.807) is 0 Å². The number of fused-ring (bicyclic) bond motifs is 1. The molecule has 0 aliphatic heterocycles. The van der Waals surface area contributed by atoms with Crippen LogP contribution in [0.25, 0.3) is 28.2 Å². The van der Waals surface area contributed by atoms with Gasteiger partial charge in [-0.2, -0.15) is 0 Å². The summed E-state index contributed by atoms with van der Waals surface area (Å²) in [4.78, 5) is 9.25. The average molecular weight is 358 g/mol. The highest BCUT2D eigenvalue weighted by molar-refractivity contribution is 5.81. The normalized spacial score (nSPS) is 12.5. The van der Waals surface area contributed by atoms with Crippen molar-refractivity contribution in [1.82, 2.24) is 9.97 Å². The molecule has 3 heteroatoms. The molecule has 1 heterocycles. The molecule has 1 N–H and O–H groups in total. The van der Waals surface area contributed by atoms with E-state index in [2.05, 4.69) is 59.0 Å². The van der Waals surface area contributed by atoms with Crippen LogP contribution in [0.2, 0.25) is 0 Å². The summed E-state index contributed by atoms with van der Waals surface area (Å²) in [5.41, 5.74) is 6.24. The molecule has 0 saturated heterocycles. The molecular weight excluding hydrogens is 332 g/mol. The van der Waals surface area contributed by atoms with Crippen molar-refractivity contribution >= 4 is 17.1 Å². The maximum Gasteiger partial charge on any atom is 0.0894 e. The van der Waals surface area contributed by atoms with Gasteiger partial charge in [0.15, 0.2) is 0 Å². The molecule has 0 saturated carbocycles. The van der Waals surface area contributed by atoms with Crippen LogP contribution < -0.4 is 0 Å². The topological polar surface area (TPSA) is 46.0 Å². The van der Waals surface area contributed by atoms with Crippen LogP contribution in [-0.2, 0) is 6.42 Å². The number of nitrogens with zero attached hydrogens (tertiary/aromatic N) is 2. The molecule has 0 amide bonds. The van der Waals surface area contributed by atoms with Crippen molar-refractivity contribution < 1.29 is 5.11 Å². The Balaban J connectivity index is 1.73. The van der Waals surface area contributed by atoms with Gasteiger partial charge in [-0.15, -0.1) is 6.58 Å². The van der Waals surface area contributed by atoms with Gasteiger partial charge in [0.1, 0.15) is 0 Å². The molecule has 27 heavy (non-hydrogen) atoms. The Morgan fingerprint density at radius 3 is 2.59 bits per heavy atom. The van der Waals surface area contributed by atoms with Crippen molar-refractivity contribution in [3.63, 3.8) is 0 Å². The van der Waals surface area contributed by atoms with Crippen molar-refractivity contribution in [2.75, 3.05) is 0 Å². The number of unbranched alkanes of at least 4 members (excludes halogenated alkanes) is 1. The van der Waals surface area contributed by atoms with Gasteiger partial charge in [-0.1, -0.05) is 42.5 Å². The molecule has 2 aromatic carbocycles. The Morgan fingerprint density at radius 1 is 1.07 bits per heavy atom. The number of aliphatic hydroxyl groups excluding tert-OH is 1. The smallest absolute Gasteiger partial charge is 0.0894 e. The SMILES string of the molecule is C=CCc1ccc(-c2ccc3nc(/C=C/CCCC(C)O)cnc3c2)cc1. The Kier molecular flexibility index (Phi) is 6.50. The predicted octanol–water partition coefficient (Wildman–Crippen LogP) is 5.59. The first-order chi connectivity index (χ1) is 13.2. The summed E-state index contributed by atoms with van der Waals surface area (Å²) in [6, 6.07) is 14.8. The van der Waals surface area contributed by atoms with Gasteiger partial charge in [0.25, 0.3) is 0 Å². The van der Waals surface area contributed by atoms with Crippen molar-refractivity contribution in [3.05, 3.63) is 78.6 Å². The number of hydrogen-bond donors (Lipinski definition) is 1. The second-order valence-corrected chi connectivity index (χ2v) is 6.87. The van der Waals surface area contributed by atoms with Gasteiger partial charge in [0.05, 0.1) is 29.0 Å². The summed E-state index contributed by atoms with van der Waals surface area (Å²) in [7, 11) is 0. The molecule has 3 rings (SSSR count). The molecule has 0 aliphatic carbocycles. The fourth-order valence-corrected chi connectivity index (χ4v) is 3.02. The number of aliphatic hydroxyl groups is 1.